The van der Waals surface area contributed by atoms with Crippen molar-refractivity contribution in [2.24, 2.45) is 5.41 Å². The van der Waals surface area contributed by atoms with Crippen LogP contribution in [0.4, 0.5) is 0 Å². The third-order valence-corrected chi connectivity index (χ3v) is 3.19. The smallest absolute Gasteiger partial charge is 0.348 e. The van der Waals surface area contributed by atoms with Crippen molar-refractivity contribution in [1.29, 1.82) is 0 Å². The van der Waals surface area contributed by atoms with Crippen LogP contribution in [-0.2, 0) is 9.20 Å². The SMILES string of the molecule is CC1OC(C)(C)C1(C)C#C[SiH]=O. The summed E-state index contributed by atoms with van der Waals surface area (Å²) in [6.07, 6.45) is 0.144. The summed E-state index contributed by atoms with van der Waals surface area (Å²) in [7, 11) is -0.956. The number of hydrogen-bond acceptors (Lipinski definition) is 2. The van der Waals surface area contributed by atoms with Crippen molar-refractivity contribution in [1.82, 2.24) is 0 Å². The molecular formula is C9H14O2Si. The zero-order valence-electron chi connectivity index (χ0n) is 7.97. The number of rotatable bonds is 0. The van der Waals surface area contributed by atoms with Gasteiger partial charge < -0.3 is 9.20 Å². The van der Waals surface area contributed by atoms with Gasteiger partial charge in [-0.05, 0) is 27.7 Å². The van der Waals surface area contributed by atoms with Gasteiger partial charge in [0.1, 0.15) is 0 Å². The van der Waals surface area contributed by atoms with Crippen molar-refractivity contribution in [2.45, 2.75) is 39.4 Å². The summed E-state index contributed by atoms with van der Waals surface area (Å²) in [5, 5.41) is 0. The van der Waals surface area contributed by atoms with Crippen LogP contribution in [0.3, 0.4) is 0 Å². The molecule has 0 aromatic heterocycles. The molecule has 2 atom stereocenters. The zero-order chi connectivity index (χ0) is 9.41. The van der Waals surface area contributed by atoms with E-state index in [0.717, 1.165) is 0 Å². The molecule has 66 valence electrons. The summed E-state index contributed by atoms with van der Waals surface area (Å²) in [4.78, 5) is 0. The van der Waals surface area contributed by atoms with Crippen molar-refractivity contribution < 1.29 is 9.20 Å². The van der Waals surface area contributed by atoms with E-state index in [1.54, 1.807) is 0 Å². The Hall–Kier alpha value is -0.463. The normalized spacial score (nSPS) is 37.5. The van der Waals surface area contributed by atoms with Crippen molar-refractivity contribution >= 4 is 9.41 Å². The molecule has 1 aliphatic rings. The monoisotopic (exact) mass is 182 g/mol. The lowest BCUT2D eigenvalue weighted by Crippen LogP contribution is -2.62. The Balaban J connectivity index is 2.89. The Morgan fingerprint density at radius 3 is 2.33 bits per heavy atom. The Bertz CT molecular complexity index is 261. The van der Waals surface area contributed by atoms with Crippen molar-refractivity contribution in [3.63, 3.8) is 0 Å². The van der Waals surface area contributed by atoms with Gasteiger partial charge in [-0.2, -0.15) is 0 Å². The van der Waals surface area contributed by atoms with Crippen LogP contribution in [-0.4, -0.2) is 21.1 Å². The predicted molar refractivity (Wildman–Crippen MR) is 48.3 cm³/mol. The fourth-order valence-corrected chi connectivity index (χ4v) is 1.90. The predicted octanol–water partition coefficient (Wildman–Crippen LogP) is 0.933. The van der Waals surface area contributed by atoms with Gasteiger partial charge in [-0.1, -0.05) is 11.5 Å². The molecule has 12 heavy (non-hydrogen) atoms. The fraction of sp³-hybridized carbons (Fsp3) is 0.778. The van der Waals surface area contributed by atoms with Gasteiger partial charge in [0.05, 0.1) is 17.1 Å². The first-order chi connectivity index (χ1) is 5.44. The molecule has 1 heterocycles. The largest absolute Gasteiger partial charge is 0.376 e. The van der Waals surface area contributed by atoms with Gasteiger partial charge in [0.15, 0.2) is 0 Å². The minimum absolute atomic E-state index is 0.135. The maximum atomic E-state index is 10.3. The second-order valence-corrected chi connectivity index (χ2v) is 4.38. The van der Waals surface area contributed by atoms with Crippen LogP contribution in [0, 0.1) is 16.9 Å². The van der Waals surface area contributed by atoms with E-state index in [4.69, 9.17) is 4.74 Å². The highest BCUT2D eigenvalue weighted by Crippen LogP contribution is 2.48. The molecule has 2 nitrogen and oxygen atoms in total. The van der Waals surface area contributed by atoms with Gasteiger partial charge in [0.2, 0.25) is 0 Å². The second kappa shape index (κ2) is 2.79. The molecular weight excluding hydrogens is 168 g/mol. The van der Waals surface area contributed by atoms with E-state index in [1.165, 1.54) is 0 Å². The van der Waals surface area contributed by atoms with E-state index in [-0.39, 0.29) is 17.1 Å². The molecule has 0 spiro atoms. The molecule has 0 bridgehead atoms. The lowest BCUT2D eigenvalue weighted by molar-refractivity contribution is -0.263. The molecule has 0 aromatic rings. The van der Waals surface area contributed by atoms with Crippen LogP contribution in [0.1, 0.15) is 27.7 Å². The molecule has 1 aliphatic heterocycles. The zero-order valence-corrected chi connectivity index (χ0v) is 9.13. The van der Waals surface area contributed by atoms with E-state index < -0.39 is 9.41 Å². The van der Waals surface area contributed by atoms with Gasteiger partial charge in [-0.25, -0.2) is 0 Å². The summed E-state index contributed by atoms with van der Waals surface area (Å²) >= 11 is 0. The van der Waals surface area contributed by atoms with Crippen LogP contribution >= 0.6 is 0 Å². The molecule has 1 rings (SSSR count). The molecule has 0 aromatic carbocycles. The van der Waals surface area contributed by atoms with Gasteiger partial charge in [0.25, 0.3) is 0 Å². The standard InChI is InChI=1S/C9H14O2Si/c1-7-9(4,5-6-12-10)8(2,3)11-7/h7,12H,1-4H3. The maximum absolute atomic E-state index is 10.3. The Kier molecular flexibility index (Phi) is 2.24. The second-order valence-electron chi connectivity index (χ2n) is 3.86. The quantitative estimate of drug-likeness (QED) is 0.411. The first-order valence-corrected chi connectivity index (χ1v) is 5.13. The summed E-state index contributed by atoms with van der Waals surface area (Å²) in [5.41, 5.74) is 2.34. The summed E-state index contributed by atoms with van der Waals surface area (Å²) < 4.78 is 15.8. The fourth-order valence-electron chi connectivity index (χ4n) is 1.55. The van der Waals surface area contributed by atoms with E-state index >= 15 is 0 Å². The lowest BCUT2D eigenvalue weighted by atomic mass is 9.67. The van der Waals surface area contributed by atoms with Crippen LogP contribution in [0.2, 0.25) is 0 Å². The average Bonchev–Trinajstić information content (AvgIpc) is 1.99. The number of hydrogen-bond donors (Lipinski definition) is 0. The van der Waals surface area contributed by atoms with Crippen molar-refractivity contribution in [3.05, 3.63) is 0 Å². The van der Waals surface area contributed by atoms with E-state index in [2.05, 4.69) is 18.4 Å². The van der Waals surface area contributed by atoms with E-state index in [0.29, 0.717) is 0 Å². The molecule has 0 amide bonds. The maximum Gasteiger partial charge on any atom is 0.348 e. The van der Waals surface area contributed by atoms with E-state index in [9.17, 15) is 4.46 Å². The van der Waals surface area contributed by atoms with Gasteiger partial charge in [-0.15, -0.1) is 0 Å². The van der Waals surface area contributed by atoms with Crippen LogP contribution in [0.25, 0.3) is 0 Å². The third kappa shape index (κ3) is 1.15. The van der Waals surface area contributed by atoms with E-state index in [1.807, 2.05) is 20.8 Å². The van der Waals surface area contributed by atoms with Gasteiger partial charge >= 0.3 is 9.41 Å². The summed E-state index contributed by atoms with van der Waals surface area (Å²) in [6, 6.07) is 0. The average molecular weight is 182 g/mol. The molecule has 3 heteroatoms. The Labute approximate surface area is 75.6 Å². The summed E-state index contributed by atoms with van der Waals surface area (Å²) in [5.74, 6) is 3.03. The first-order valence-electron chi connectivity index (χ1n) is 4.08. The third-order valence-electron chi connectivity index (χ3n) is 2.93. The van der Waals surface area contributed by atoms with Crippen LogP contribution in [0.15, 0.2) is 0 Å². The van der Waals surface area contributed by atoms with Crippen LogP contribution in [0.5, 0.6) is 0 Å². The topological polar surface area (TPSA) is 26.3 Å². The Morgan fingerprint density at radius 2 is 2.00 bits per heavy atom. The minimum atomic E-state index is -0.956. The van der Waals surface area contributed by atoms with Gasteiger partial charge in [-0.3, -0.25) is 0 Å². The summed E-state index contributed by atoms with van der Waals surface area (Å²) in [6.45, 7) is 8.09. The lowest BCUT2D eigenvalue weighted by Gasteiger charge is -2.55. The number of ether oxygens (including phenoxy) is 1. The highest BCUT2D eigenvalue weighted by molar-refractivity contribution is 6.29. The van der Waals surface area contributed by atoms with Gasteiger partial charge in [0, 0.05) is 0 Å². The first kappa shape index (κ1) is 9.62. The minimum Gasteiger partial charge on any atom is -0.376 e. The van der Waals surface area contributed by atoms with Crippen molar-refractivity contribution in [2.75, 3.05) is 0 Å². The highest BCUT2D eigenvalue weighted by Gasteiger charge is 2.56. The highest BCUT2D eigenvalue weighted by atomic mass is 28.2. The molecule has 1 fully saturated rings. The van der Waals surface area contributed by atoms with Crippen LogP contribution < -0.4 is 0 Å². The molecule has 0 radical (unpaired) electrons. The Morgan fingerprint density at radius 1 is 1.42 bits per heavy atom. The van der Waals surface area contributed by atoms with Crippen molar-refractivity contribution in [3.8, 4) is 11.5 Å². The molecule has 2 unspecified atom stereocenters. The molecule has 0 N–H and O–H groups in total. The molecule has 0 aliphatic carbocycles. The molecule has 1 saturated heterocycles. The molecule has 0 saturated carbocycles.